The zero-order valence-electron chi connectivity index (χ0n) is 10.8. The zero-order chi connectivity index (χ0) is 13.0. The summed E-state index contributed by atoms with van der Waals surface area (Å²) in [6.45, 7) is 2.77. The molecule has 0 N–H and O–H groups in total. The quantitative estimate of drug-likeness (QED) is 0.536. The number of likely N-dealkylation sites (tertiary alicyclic amines) is 1. The van der Waals surface area contributed by atoms with Crippen LogP contribution in [0.2, 0.25) is 0 Å². The van der Waals surface area contributed by atoms with E-state index in [1.165, 1.54) is 0 Å². The van der Waals surface area contributed by atoms with Crippen molar-refractivity contribution in [3.8, 4) is 12.3 Å². The number of carbonyl (C=O) groups excluding carboxylic acids is 1. The lowest BCUT2D eigenvalue weighted by Gasteiger charge is -2.31. The first-order chi connectivity index (χ1) is 8.69. The second kappa shape index (κ2) is 6.03. The van der Waals surface area contributed by atoms with E-state index < -0.39 is 0 Å². The number of ether oxygens (including phenoxy) is 1. The van der Waals surface area contributed by atoms with E-state index in [0.717, 1.165) is 25.9 Å². The van der Waals surface area contributed by atoms with Gasteiger partial charge in [-0.3, -0.25) is 9.69 Å². The normalized spacial score (nSPS) is 26.8. The monoisotopic (exact) mass is 248 g/mol. The number of fused-ring (bicyclic) bond motifs is 2. The van der Waals surface area contributed by atoms with Gasteiger partial charge in [0, 0.05) is 25.7 Å². The molecule has 0 aliphatic carbocycles. The number of hydrogen-bond acceptors (Lipinski definition) is 3. The maximum atomic E-state index is 12.0. The Morgan fingerprint density at radius 2 is 2.17 bits per heavy atom. The fraction of sp³-hybridized carbons (Fsp3) is 0.643. The molecule has 0 aromatic carbocycles. The van der Waals surface area contributed by atoms with Gasteiger partial charge in [0.15, 0.2) is 0 Å². The van der Waals surface area contributed by atoms with E-state index in [1.54, 1.807) is 6.08 Å². The van der Waals surface area contributed by atoms with Crippen LogP contribution >= 0.6 is 0 Å². The smallest absolute Gasteiger partial charge is 0.246 e. The standard InChI is InChI=1S/C14H20N2O2/c1-3-8-15(2)9-4-5-14(17)16-10-12-6-7-13(11-16)18-12/h1,4-5,12-13H,6-11H2,2H3/b5-4+. The molecule has 4 nitrogen and oxygen atoms in total. The van der Waals surface area contributed by atoms with E-state index in [1.807, 2.05) is 22.9 Å². The molecule has 2 saturated heterocycles. The second-order valence-electron chi connectivity index (χ2n) is 5.00. The van der Waals surface area contributed by atoms with Gasteiger partial charge in [0.25, 0.3) is 0 Å². The minimum Gasteiger partial charge on any atom is -0.371 e. The molecule has 1 amide bonds. The van der Waals surface area contributed by atoms with Crippen LogP contribution in [0.1, 0.15) is 12.8 Å². The van der Waals surface area contributed by atoms with Crippen LogP contribution in [0, 0.1) is 12.3 Å². The highest BCUT2D eigenvalue weighted by Gasteiger charge is 2.34. The summed E-state index contributed by atoms with van der Waals surface area (Å²) < 4.78 is 5.70. The summed E-state index contributed by atoms with van der Waals surface area (Å²) in [6, 6.07) is 0. The molecule has 2 heterocycles. The van der Waals surface area contributed by atoms with Crippen molar-refractivity contribution in [2.75, 3.05) is 33.2 Å². The average Bonchev–Trinajstić information content (AvgIpc) is 2.68. The molecule has 0 saturated carbocycles. The zero-order valence-corrected chi connectivity index (χ0v) is 10.8. The van der Waals surface area contributed by atoms with Crippen LogP contribution in [0.25, 0.3) is 0 Å². The molecule has 0 aromatic rings. The molecule has 2 aliphatic heterocycles. The van der Waals surface area contributed by atoms with Gasteiger partial charge < -0.3 is 9.64 Å². The molecule has 2 unspecified atom stereocenters. The molecule has 4 heteroatoms. The first kappa shape index (κ1) is 13.1. The number of carbonyl (C=O) groups is 1. The third-order valence-corrected chi connectivity index (χ3v) is 3.39. The van der Waals surface area contributed by atoms with Crippen LogP contribution in [0.3, 0.4) is 0 Å². The van der Waals surface area contributed by atoms with Gasteiger partial charge in [0.1, 0.15) is 0 Å². The lowest BCUT2D eigenvalue weighted by molar-refractivity contribution is -0.134. The van der Waals surface area contributed by atoms with Crippen molar-refractivity contribution in [3.05, 3.63) is 12.2 Å². The Hall–Kier alpha value is -1.31. The third-order valence-electron chi connectivity index (χ3n) is 3.39. The van der Waals surface area contributed by atoms with Crippen LogP contribution in [-0.2, 0) is 9.53 Å². The van der Waals surface area contributed by atoms with Crippen molar-refractivity contribution in [3.63, 3.8) is 0 Å². The van der Waals surface area contributed by atoms with Gasteiger partial charge in [0.05, 0.1) is 18.8 Å². The van der Waals surface area contributed by atoms with Crippen LogP contribution in [-0.4, -0.2) is 61.1 Å². The number of morpholine rings is 1. The molecular weight excluding hydrogens is 228 g/mol. The Bertz CT molecular complexity index is 360. The number of amides is 1. The van der Waals surface area contributed by atoms with E-state index >= 15 is 0 Å². The third kappa shape index (κ3) is 3.34. The van der Waals surface area contributed by atoms with E-state index in [0.29, 0.717) is 13.1 Å². The van der Waals surface area contributed by atoms with Crippen LogP contribution in [0.4, 0.5) is 0 Å². The maximum absolute atomic E-state index is 12.0. The van der Waals surface area contributed by atoms with Crippen LogP contribution < -0.4 is 0 Å². The second-order valence-corrected chi connectivity index (χ2v) is 5.00. The van der Waals surface area contributed by atoms with E-state index in [-0.39, 0.29) is 18.1 Å². The molecular formula is C14H20N2O2. The van der Waals surface area contributed by atoms with Gasteiger partial charge in [-0.15, -0.1) is 6.42 Å². The first-order valence-corrected chi connectivity index (χ1v) is 6.42. The molecule has 18 heavy (non-hydrogen) atoms. The minimum absolute atomic E-state index is 0.0873. The summed E-state index contributed by atoms with van der Waals surface area (Å²) in [5, 5.41) is 0. The van der Waals surface area contributed by atoms with Gasteiger partial charge in [0.2, 0.25) is 5.91 Å². The van der Waals surface area contributed by atoms with E-state index in [9.17, 15) is 4.79 Å². The Kier molecular flexibility index (Phi) is 4.40. The van der Waals surface area contributed by atoms with Gasteiger partial charge in [-0.05, 0) is 19.9 Å². The van der Waals surface area contributed by atoms with Gasteiger partial charge in [-0.1, -0.05) is 12.0 Å². The highest BCUT2D eigenvalue weighted by molar-refractivity contribution is 5.87. The maximum Gasteiger partial charge on any atom is 0.246 e. The molecule has 0 aromatic heterocycles. The molecule has 2 bridgehead atoms. The van der Waals surface area contributed by atoms with Crippen LogP contribution in [0.5, 0.6) is 0 Å². The highest BCUT2D eigenvalue weighted by Crippen LogP contribution is 2.26. The predicted molar refractivity (Wildman–Crippen MR) is 69.9 cm³/mol. The van der Waals surface area contributed by atoms with Gasteiger partial charge >= 0.3 is 0 Å². The minimum atomic E-state index is 0.0873. The Morgan fingerprint density at radius 1 is 1.50 bits per heavy atom. The molecule has 2 atom stereocenters. The summed E-state index contributed by atoms with van der Waals surface area (Å²) in [6.07, 6.45) is 11.4. The molecule has 2 fully saturated rings. The lowest BCUT2D eigenvalue weighted by atomic mass is 10.2. The van der Waals surface area contributed by atoms with E-state index in [2.05, 4.69) is 5.92 Å². The predicted octanol–water partition coefficient (Wildman–Crippen LogP) is 0.497. The van der Waals surface area contributed by atoms with Crippen molar-refractivity contribution in [2.45, 2.75) is 25.0 Å². The van der Waals surface area contributed by atoms with Crippen molar-refractivity contribution in [1.82, 2.24) is 9.80 Å². The number of rotatable bonds is 4. The topological polar surface area (TPSA) is 32.8 Å². The fourth-order valence-electron chi connectivity index (χ4n) is 2.45. The van der Waals surface area contributed by atoms with Crippen molar-refractivity contribution in [1.29, 1.82) is 0 Å². The molecule has 98 valence electrons. The molecule has 2 aliphatic rings. The Balaban J connectivity index is 1.78. The highest BCUT2D eigenvalue weighted by atomic mass is 16.5. The van der Waals surface area contributed by atoms with E-state index in [4.69, 9.17) is 11.2 Å². The SMILES string of the molecule is C#CCN(C)C/C=C/C(=O)N1CC2CCC(C1)O2. The Labute approximate surface area is 109 Å². The summed E-state index contributed by atoms with van der Waals surface area (Å²) in [4.78, 5) is 15.9. The average molecular weight is 248 g/mol. The van der Waals surface area contributed by atoms with Crippen LogP contribution in [0.15, 0.2) is 12.2 Å². The first-order valence-electron chi connectivity index (χ1n) is 6.42. The molecule has 2 rings (SSSR count). The summed E-state index contributed by atoms with van der Waals surface area (Å²) >= 11 is 0. The number of nitrogens with zero attached hydrogens (tertiary/aromatic N) is 2. The molecule has 0 radical (unpaired) electrons. The number of likely N-dealkylation sites (N-methyl/N-ethyl adjacent to an activating group) is 1. The number of hydrogen-bond donors (Lipinski definition) is 0. The number of terminal acetylenes is 1. The van der Waals surface area contributed by atoms with Crippen molar-refractivity contribution in [2.24, 2.45) is 0 Å². The lowest BCUT2D eigenvalue weighted by Crippen LogP contribution is -2.45. The largest absolute Gasteiger partial charge is 0.371 e. The van der Waals surface area contributed by atoms with Gasteiger partial charge in [-0.25, -0.2) is 0 Å². The van der Waals surface area contributed by atoms with Gasteiger partial charge in [-0.2, -0.15) is 0 Å². The summed E-state index contributed by atoms with van der Waals surface area (Å²) in [5.41, 5.74) is 0. The summed E-state index contributed by atoms with van der Waals surface area (Å²) in [5.74, 6) is 2.66. The summed E-state index contributed by atoms with van der Waals surface area (Å²) in [7, 11) is 1.93. The van der Waals surface area contributed by atoms with Crippen molar-refractivity contribution < 1.29 is 9.53 Å². The van der Waals surface area contributed by atoms with Crippen molar-refractivity contribution >= 4 is 5.91 Å². The fourth-order valence-corrected chi connectivity index (χ4v) is 2.45. The molecule has 0 spiro atoms. The Morgan fingerprint density at radius 3 is 2.78 bits per heavy atom.